The number of rotatable bonds is 0. The maximum Gasteiger partial charge on any atom is 0.491 e. The van der Waals surface area contributed by atoms with Crippen molar-refractivity contribution in [3.63, 3.8) is 0 Å². The minimum atomic E-state index is -0.894. The minimum Gasteiger partial charge on any atom is -0.423 e. The molecule has 0 unspecified atom stereocenters. The van der Waals surface area contributed by atoms with Gasteiger partial charge >= 0.3 is 14.2 Å². The molecule has 2 heterocycles. The Morgan fingerprint density at radius 1 is 0.867 bits per heavy atom. The third kappa shape index (κ3) is 2.60. The van der Waals surface area contributed by atoms with E-state index < -0.39 is 14.2 Å². The third-order valence-electron chi connectivity index (χ3n) is 2.35. The number of hydrogen-bond acceptors (Lipinski definition) is 4. The van der Waals surface area contributed by atoms with Crippen molar-refractivity contribution < 1.29 is 19.4 Å². The van der Waals surface area contributed by atoms with E-state index in [9.17, 15) is 10.0 Å². The molecule has 1 aromatic rings. The standard InChI is InChI=1S/C9H12B2O4/c12-10-8-2-3-9(5-4-8)11(13)15-7-1-6-14-10/h2-5,12-13H,1,6-7H2. The molecule has 0 radical (unpaired) electrons. The lowest BCUT2D eigenvalue weighted by Gasteiger charge is -2.06. The van der Waals surface area contributed by atoms with Crippen molar-refractivity contribution in [1.82, 2.24) is 0 Å². The minimum absolute atomic E-state index is 0.411. The summed E-state index contributed by atoms with van der Waals surface area (Å²) in [5.41, 5.74) is 1.38. The van der Waals surface area contributed by atoms with Gasteiger partial charge in [-0.25, -0.2) is 0 Å². The second-order valence-electron chi connectivity index (χ2n) is 3.47. The molecule has 15 heavy (non-hydrogen) atoms. The van der Waals surface area contributed by atoms with Crippen LogP contribution in [0.25, 0.3) is 0 Å². The van der Waals surface area contributed by atoms with E-state index in [1.807, 2.05) is 0 Å². The quantitative estimate of drug-likeness (QED) is 0.507. The first kappa shape index (κ1) is 10.7. The van der Waals surface area contributed by atoms with Gasteiger partial charge in [-0.2, -0.15) is 0 Å². The predicted molar refractivity (Wildman–Crippen MR) is 58.2 cm³/mol. The van der Waals surface area contributed by atoms with E-state index in [0.717, 1.165) is 0 Å². The molecule has 0 amide bonds. The predicted octanol–water partition coefficient (Wildman–Crippen LogP) is -1.50. The molecule has 0 aromatic heterocycles. The molecule has 0 atom stereocenters. The van der Waals surface area contributed by atoms with E-state index in [1.54, 1.807) is 24.3 Å². The summed E-state index contributed by atoms with van der Waals surface area (Å²) in [5.74, 6) is 0. The molecule has 3 rings (SSSR count). The Balaban J connectivity index is 2.23. The van der Waals surface area contributed by atoms with Gasteiger partial charge in [0.15, 0.2) is 0 Å². The summed E-state index contributed by atoms with van der Waals surface area (Å²) in [6, 6.07) is 6.88. The van der Waals surface area contributed by atoms with E-state index in [2.05, 4.69) is 0 Å². The van der Waals surface area contributed by atoms with Gasteiger partial charge in [0, 0.05) is 13.2 Å². The second kappa shape index (κ2) is 4.81. The fourth-order valence-corrected chi connectivity index (χ4v) is 1.47. The van der Waals surface area contributed by atoms with Crippen LogP contribution in [0.1, 0.15) is 6.42 Å². The molecule has 0 fully saturated rings. The fraction of sp³-hybridized carbons (Fsp3) is 0.333. The molecular weight excluding hydrogens is 194 g/mol. The molecule has 0 saturated carbocycles. The van der Waals surface area contributed by atoms with Gasteiger partial charge in [0.2, 0.25) is 0 Å². The van der Waals surface area contributed by atoms with E-state index in [4.69, 9.17) is 9.31 Å². The number of hydrogen-bond donors (Lipinski definition) is 2. The van der Waals surface area contributed by atoms with Crippen molar-refractivity contribution in [2.24, 2.45) is 0 Å². The largest absolute Gasteiger partial charge is 0.491 e. The Morgan fingerprint density at radius 3 is 1.67 bits per heavy atom. The summed E-state index contributed by atoms with van der Waals surface area (Å²) in [5, 5.41) is 19.2. The Labute approximate surface area is 89.1 Å². The molecule has 2 bridgehead atoms. The second-order valence-corrected chi connectivity index (χ2v) is 3.47. The highest BCUT2D eigenvalue weighted by molar-refractivity contribution is 6.62. The topological polar surface area (TPSA) is 58.9 Å². The van der Waals surface area contributed by atoms with Gasteiger partial charge in [0.1, 0.15) is 0 Å². The monoisotopic (exact) mass is 206 g/mol. The molecule has 0 saturated heterocycles. The third-order valence-corrected chi connectivity index (χ3v) is 2.35. The lowest BCUT2D eigenvalue weighted by Crippen LogP contribution is -2.37. The van der Waals surface area contributed by atoms with Gasteiger partial charge < -0.3 is 19.4 Å². The number of fused-ring (bicyclic) bond motifs is 8. The Hall–Kier alpha value is -0.810. The number of benzene rings is 1. The zero-order chi connectivity index (χ0) is 10.7. The van der Waals surface area contributed by atoms with Crippen LogP contribution < -0.4 is 10.9 Å². The summed E-state index contributed by atoms with van der Waals surface area (Å²) in [6.07, 6.45) is 0.648. The zero-order valence-electron chi connectivity index (χ0n) is 8.30. The summed E-state index contributed by atoms with van der Waals surface area (Å²) >= 11 is 0. The highest BCUT2D eigenvalue weighted by Gasteiger charge is 2.21. The van der Waals surface area contributed by atoms with Crippen molar-refractivity contribution >= 4 is 25.2 Å². The van der Waals surface area contributed by atoms with E-state index >= 15 is 0 Å². The Morgan fingerprint density at radius 2 is 1.27 bits per heavy atom. The van der Waals surface area contributed by atoms with Crippen LogP contribution in [0.2, 0.25) is 0 Å². The molecule has 78 valence electrons. The first-order chi connectivity index (χ1) is 7.27. The first-order valence-corrected chi connectivity index (χ1v) is 4.96. The molecule has 0 aliphatic carbocycles. The maximum atomic E-state index is 9.60. The Kier molecular flexibility index (Phi) is 3.43. The van der Waals surface area contributed by atoms with Gasteiger partial charge in [0.05, 0.1) is 0 Å². The summed E-state index contributed by atoms with van der Waals surface area (Å²) in [6.45, 7) is 0.822. The summed E-state index contributed by atoms with van der Waals surface area (Å²) in [4.78, 5) is 0. The zero-order valence-corrected chi connectivity index (χ0v) is 8.30. The fourth-order valence-electron chi connectivity index (χ4n) is 1.47. The van der Waals surface area contributed by atoms with Crippen LogP contribution in [-0.4, -0.2) is 37.5 Å². The van der Waals surface area contributed by atoms with Gasteiger partial charge in [-0.05, 0) is 17.3 Å². The molecule has 2 aliphatic heterocycles. The van der Waals surface area contributed by atoms with Crippen LogP contribution >= 0.6 is 0 Å². The van der Waals surface area contributed by atoms with Crippen LogP contribution in [0.5, 0.6) is 0 Å². The lowest BCUT2D eigenvalue weighted by molar-refractivity contribution is 0.212. The molecule has 0 spiro atoms. The van der Waals surface area contributed by atoms with E-state index in [0.29, 0.717) is 30.6 Å². The maximum absolute atomic E-state index is 9.60. The van der Waals surface area contributed by atoms with Crippen molar-refractivity contribution in [3.8, 4) is 0 Å². The van der Waals surface area contributed by atoms with Crippen molar-refractivity contribution in [1.29, 1.82) is 0 Å². The highest BCUT2D eigenvalue weighted by Crippen LogP contribution is 1.95. The summed E-state index contributed by atoms with van der Waals surface area (Å²) in [7, 11) is -1.79. The first-order valence-electron chi connectivity index (χ1n) is 4.96. The molecular formula is C9H12B2O4. The van der Waals surface area contributed by atoms with Gasteiger partial charge in [-0.15, -0.1) is 0 Å². The van der Waals surface area contributed by atoms with Crippen LogP contribution in [0.15, 0.2) is 24.3 Å². The van der Waals surface area contributed by atoms with E-state index in [1.165, 1.54) is 0 Å². The van der Waals surface area contributed by atoms with Crippen LogP contribution in [0, 0.1) is 0 Å². The molecule has 6 heteroatoms. The molecule has 1 aromatic carbocycles. The molecule has 4 nitrogen and oxygen atoms in total. The van der Waals surface area contributed by atoms with Gasteiger partial charge in [-0.3, -0.25) is 0 Å². The van der Waals surface area contributed by atoms with Crippen LogP contribution in [-0.2, 0) is 9.31 Å². The van der Waals surface area contributed by atoms with Gasteiger partial charge in [0.25, 0.3) is 0 Å². The lowest BCUT2D eigenvalue weighted by atomic mass is 9.74. The average molecular weight is 206 g/mol. The SMILES string of the molecule is OB1OCCCOB(O)c2ccc1cc2. The highest BCUT2D eigenvalue weighted by atomic mass is 16.5. The van der Waals surface area contributed by atoms with Crippen molar-refractivity contribution in [3.05, 3.63) is 24.3 Å². The van der Waals surface area contributed by atoms with Crippen LogP contribution in [0.3, 0.4) is 0 Å². The van der Waals surface area contributed by atoms with Crippen molar-refractivity contribution in [2.45, 2.75) is 6.42 Å². The van der Waals surface area contributed by atoms with E-state index in [-0.39, 0.29) is 0 Å². The molecule has 2 aliphatic rings. The smallest absolute Gasteiger partial charge is 0.423 e. The Bertz CT molecular complexity index is 285. The average Bonchev–Trinajstić information content (AvgIpc) is 2.31. The normalized spacial score (nSPS) is 17.7. The van der Waals surface area contributed by atoms with Gasteiger partial charge in [-0.1, -0.05) is 24.3 Å². The van der Waals surface area contributed by atoms with Crippen molar-refractivity contribution in [2.75, 3.05) is 13.2 Å². The van der Waals surface area contributed by atoms with Crippen LogP contribution in [0.4, 0.5) is 0 Å². The summed E-state index contributed by atoms with van der Waals surface area (Å²) < 4.78 is 10.4. The molecule has 2 N–H and O–H groups in total.